The van der Waals surface area contributed by atoms with E-state index in [0.717, 1.165) is 42.6 Å². The van der Waals surface area contributed by atoms with Gasteiger partial charge in [-0.3, -0.25) is 0 Å². The number of hydrogen-bond acceptors (Lipinski definition) is 2. The van der Waals surface area contributed by atoms with Crippen LogP contribution in [0.5, 0.6) is 0 Å². The van der Waals surface area contributed by atoms with Crippen molar-refractivity contribution in [2.45, 2.75) is 33.1 Å². The van der Waals surface area contributed by atoms with Crippen LogP contribution in [0.4, 0.5) is 10.5 Å². The summed E-state index contributed by atoms with van der Waals surface area (Å²) in [6.45, 7) is 5.69. The third-order valence-electron chi connectivity index (χ3n) is 4.04. The van der Waals surface area contributed by atoms with E-state index < -0.39 is 0 Å². The first kappa shape index (κ1) is 14.9. The maximum absolute atomic E-state index is 12.4. The quantitative estimate of drug-likeness (QED) is 0.892. The van der Waals surface area contributed by atoms with Crippen molar-refractivity contribution in [3.8, 4) is 0 Å². The van der Waals surface area contributed by atoms with Crippen molar-refractivity contribution in [1.82, 2.24) is 4.90 Å². The molecule has 20 heavy (non-hydrogen) atoms. The first-order chi connectivity index (χ1) is 9.65. The smallest absolute Gasteiger partial charge is 0.321 e. The fourth-order valence-electron chi connectivity index (χ4n) is 2.79. The second-order valence-corrected chi connectivity index (χ2v) is 5.53. The maximum atomic E-state index is 12.4. The molecular formula is C16H24N2O2. The highest BCUT2D eigenvalue weighted by atomic mass is 16.3. The number of carbonyl (C=O) groups is 1. The Kier molecular flexibility index (Phi) is 5.01. The number of likely N-dealkylation sites (tertiary alicyclic amines) is 1. The number of anilines is 1. The van der Waals surface area contributed by atoms with Crippen LogP contribution < -0.4 is 5.32 Å². The molecule has 1 unspecified atom stereocenters. The van der Waals surface area contributed by atoms with E-state index >= 15 is 0 Å². The lowest BCUT2D eigenvalue weighted by Gasteiger charge is -2.32. The van der Waals surface area contributed by atoms with Gasteiger partial charge in [0.05, 0.1) is 0 Å². The van der Waals surface area contributed by atoms with Crippen LogP contribution in [0.25, 0.3) is 0 Å². The van der Waals surface area contributed by atoms with Gasteiger partial charge in [0.2, 0.25) is 0 Å². The number of amides is 2. The van der Waals surface area contributed by atoms with E-state index in [-0.39, 0.29) is 18.6 Å². The molecule has 2 amide bonds. The molecule has 1 atom stereocenters. The summed E-state index contributed by atoms with van der Waals surface area (Å²) < 4.78 is 0. The number of piperidine rings is 1. The van der Waals surface area contributed by atoms with Gasteiger partial charge in [-0.25, -0.2) is 4.79 Å². The van der Waals surface area contributed by atoms with Gasteiger partial charge in [-0.1, -0.05) is 25.1 Å². The maximum Gasteiger partial charge on any atom is 0.321 e. The summed E-state index contributed by atoms with van der Waals surface area (Å²) in [7, 11) is 0. The molecule has 110 valence electrons. The van der Waals surface area contributed by atoms with Crippen LogP contribution in [0.15, 0.2) is 18.2 Å². The molecule has 1 aromatic rings. The minimum absolute atomic E-state index is 0.0489. The van der Waals surface area contributed by atoms with Gasteiger partial charge in [0, 0.05) is 25.4 Å². The van der Waals surface area contributed by atoms with Crippen LogP contribution in [-0.4, -0.2) is 35.7 Å². The number of nitrogens with one attached hydrogen (secondary N) is 1. The van der Waals surface area contributed by atoms with Crippen molar-refractivity contribution >= 4 is 11.7 Å². The van der Waals surface area contributed by atoms with Gasteiger partial charge in [-0.05, 0) is 43.2 Å². The zero-order chi connectivity index (χ0) is 14.5. The van der Waals surface area contributed by atoms with Gasteiger partial charge in [-0.15, -0.1) is 0 Å². The summed E-state index contributed by atoms with van der Waals surface area (Å²) in [5, 5.41) is 12.3. The van der Waals surface area contributed by atoms with Crippen LogP contribution in [0.2, 0.25) is 0 Å². The van der Waals surface area contributed by atoms with Gasteiger partial charge < -0.3 is 15.3 Å². The highest BCUT2D eigenvalue weighted by molar-refractivity contribution is 5.91. The molecule has 2 rings (SSSR count). The number of nitrogens with zero attached hydrogens (tertiary/aromatic N) is 1. The molecule has 0 bridgehead atoms. The fourth-order valence-corrected chi connectivity index (χ4v) is 2.79. The fraction of sp³-hybridized carbons (Fsp3) is 0.562. The van der Waals surface area contributed by atoms with Gasteiger partial charge in [-0.2, -0.15) is 0 Å². The number of hydrogen-bond donors (Lipinski definition) is 2. The lowest BCUT2D eigenvalue weighted by molar-refractivity contribution is 0.136. The molecule has 1 aromatic carbocycles. The second kappa shape index (κ2) is 6.75. The minimum Gasteiger partial charge on any atom is -0.396 e. The molecule has 1 aliphatic rings. The van der Waals surface area contributed by atoms with Gasteiger partial charge in [0.25, 0.3) is 0 Å². The molecule has 0 spiro atoms. The molecule has 4 nitrogen and oxygen atoms in total. The third kappa shape index (κ3) is 3.31. The molecule has 0 radical (unpaired) electrons. The number of urea groups is 1. The summed E-state index contributed by atoms with van der Waals surface area (Å²) >= 11 is 0. The molecule has 4 heteroatoms. The first-order valence-electron chi connectivity index (χ1n) is 7.41. The van der Waals surface area contributed by atoms with Crippen molar-refractivity contribution in [3.63, 3.8) is 0 Å². The standard InChI is InChI=1S/C16H24N2O2/c1-3-14-8-4-6-12(2)15(14)17-16(20)18-9-5-7-13(10-18)11-19/h4,6,8,13,19H,3,5,7,9-11H2,1-2H3,(H,17,20). The van der Waals surface area contributed by atoms with Crippen LogP contribution in [0.3, 0.4) is 0 Å². The largest absolute Gasteiger partial charge is 0.396 e. The summed E-state index contributed by atoms with van der Waals surface area (Å²) in [6, 6.07) is 6.04. The Morgan fingerprint density at radius 1 is 1.50 bits per heavy atom. The SMILES string of the molecule is CCc1cccc(C)c1NC(=O)N1CCCC(CO)C1. The number of benzene rings is 1. The van der Waals surface area contributed by atoms with E-state index in [0.29, 0.717) is 6.54 Å². The number of aliphatic hydroxyl groups excluding tert-OH is 1. The third-order valence-corrected chi connectivity index (χ3v) is 4.04. The lowest BCUT2D eigenvalue weighted by Crippen LogP contribution is -2.43. The Bertz CT molecular complexity index is 474. The average molecular weight is 276 g/mol. The Morgan fingerprint density at radius 2 is 2.30 bits per heavy atom. The van der Waals surface area contributed by atoms with Crippen molar-refractivity contribution in [2.75, 3.05) is 25.0 Å². The number of aliphatic hydroxyl groups is 1. The molecule has 1 saturated heterocycles. The predicted molar refractivity (Wildman–Crippen MR) is 81.0 cm³/mol. The first-order valence-corrected chi connectivity index (χ1v) is 7.41. The van der Waals surface area contributed by atoms with E-state index in [1.807, 2.05) is 24.0 Å². The highest BCUT2D eigenvalue weighted by Crippen LogP contribution is 2.23. The molecule has 0 saturated carbocycles. The molecule has 0 aromatic heterocycles. The summed E-state index contributed by atoms with van der Waals surface area (Å²) in [5.41, 5.74) is 3.19. The van der Waals surface area contributed by atoms with Crippen LogP contribution in [0.1, 0.15) is 30.9 Å². The lowest BCUT2D eigenvalue weighted by atomic mass is 9.99. The van der Waals surface area contributed by atoms with E-state index in [2.05, 4.69) is 18.3 Å². The number of rotatable bonds is 3. The van der Waals surface area contributed by atoms with Crippen molar-refractivity contribution in [2.24, 2.45) is 5.92 Å². The van der Waals surface area contributed by atoms with E-state index in [1.165, 1.54) is 0 Å². The van der Waals surface area contributed by atoms with Crippen LogP contribution in [-0.2, 0) is 6.42 Å². The Hall–Kier alpha value is -1.55. The number of carbonyl (C=O) groups excluding carboxylic acids is 1. The van der Waals surface area contributed by atoms with Crippen molar-refractivity contribution in [1.29, 1.82) is 0 Å². The minimum atomic E-state index is -0.0489. The van der Waals surface area contributed by atoms with Crippen molar-refractivity contribution in [3.05, 3.63) is 29.3 Å². The molecule has 2 N–H and O–H groups in total. The van der Waals surface area contributed by atoms with Crippen molar-refractivity contribution < 1.29 is 9.90 Å². The summed E-state index contributed by atoms with van der Waals surface area (Å²) in [5.74, 6) is 0.219. The zero-order valence-corrected chi connectivity index (χ0v) is 12.4. The Morgan fingerprint density at radius 3 is 3.00 bits per heavy atom. The normalized spacial score (nSPS) is 18.9. The Balaban J connectivity index is 2.08. The van der Waals surface area contributed by atoms with Gasteiger partial charge in [0.1, 0.15) is 0 Å². The van der Waals surface area contributed by atoms with Crippen LogP contribution in [0, 0.1) is 12.8 Å². The van der Waals surface area contributed by atoms with E-state index in [1.54, 1.807) is 0 Å². The topological polar surface area (TPSA) is 52.6 Å². The monoisotopic (exact) mass is 276 g/mol. The Labute approximate surface area is 120 Å². The second-order valence-electron chi connectivity index (χ2n) is 5.53. The van der Waals surface area contributed by atoms with E-state index in [9.17, 15) is 9.90 Å². The molecule has 1 fully saturated rings. The van der Waals surface area contributed by atoms with Crippen LogP contribution >= 0.6 is 0 Å². The number of para-hydroxylation sites is 1. The van der Waals surface area contributed by atoms with Gasteiger partial charge in [0.15, 0.2) is 0 Å². The predicted octanol–water partition coefficient (Wildman–Crippen LogP) is 2.79. The molecule has 0 aliphatic carbocycles. The zero-order valence-electron chi connectivity index (χ0n) is 12.4. The van der Waals surface area contributed by atoms with E-state index in [4.69, 9.17) is 0 Å². The van der Waals surface area contributed by atoms with Gasteiger partial charge >= 0.3 is 6.03 Å². The number of aryl methyl sites for hydroxylation is 2. The summed E-state index contributed by atoms with van der Waals surface area (Å²) in [6.07, 6.45) is 2.87. The molecule has 1 aliphatic heterocycles. The summed E-state index contributed by atoms with van der Waals surface area (Å²) in [4.78, 5) is 14.2. The average Bonchev–Trinajstić information content (AvgIpc) is 2.49. The molecular weight excluding hydrogens is 252 g/mol. The molecule has 1 heterocycles. The highest BCUT2D eigenvalue weighted by Gasteiger charge is 2.23.